The summed E-state index contributed by atoms with van der Waals surface area (Å²) in [5.74, 6) is 3.03. The molecule has 276 valence electrons. The molecule has 1 heterocycles. The molecule has 0 saturated carbocycles. The van der Waals surface area contributed by atoms with Crippen molar-refractivity contribution in [3.05, 3.63) is 120 Å². The maximum Gasteiger partial charge on any atom is 0.119 e. The molecule has 1 saturated heterocycles. The fraction of sp³-hybridized carbons (Fsp3) is 0.341. The molecule has 2 unspecified atom stereocenters. The largest absolute Gasteiger partial charge is 0.494 e. The van der Waals surface area contributed by atoms with Crippen LogP contribution in [0, 0.1) is 5.92 Å². The standard InChI is InChI=1S/C38H41N3O4.C4H8O.C2H6/c1-4-18-42-35-12-6-32(7-13-35)39-22-29-19-30(23-40-33-8-14-36(15-9-33)43-25-28(3)5-2)21-31(20-29)24-41-34-10-16-37(17-11-34)44-26-38-27-45-38;1-2-3-4-5;1-2/h6-17,19-24,28,38H,4-5,18,25-27H2,1-3H3;2-3,5H,4H2,1H3;1-2H3/b;3-2-;. The summed E-state index contributed by atoms with van der Waals surface area (Å²) in [4.78, 5) is 14.1. The number of ether oxygens (including phenoxy) is 4. The van der Waals surface area contributed by atoms with Crippen LogP contribution >= 0.6 is 0 Å². The number of allylic oxidation sites excluding steroid dienone is 1. The minimum atomic E-state index is 0.163. The van der Waals surface area contributed by atoms with Gasteiger partial charge in [-0.25, -0.2) is 0 Å². The SMILES string of the molecule is C/C=C\CO.CC.CCCOc1ccc(N=Cc2cc(C=Nc3ccc(OCC(C)CC)cc3)cc(C=Nc3ccc(OCC4CO4)cc3)c2)cc1. The van der Waals surface area contributed by atoms with E-state index in [1.165, 1.54) is 0 Å². The number of benzene rings is 4. The van der Waals surface area contributed by atoms with Gasteiger partial charge in [0.15, 0.2) is 0 Å². The Morgan fingerprint density at radius 1 is 0.712 bits per heavy atom. The molecule has 1 fully saturated rings. The predicted molar refractivity (Wildman–Crippen MR) is 217 cm³/mol. The van der Waals surface area contributed by atoms with Crippen LogP contribution in [0.2, 0.25) is 0 Å². The first-order valence-electron chi connectivity index (χ1n) is 18.3. The molecule has 0 radical (unpaired) electrons. The van der Waals surface area contributed by atoms with E-state index in [2.05, 4.69) is 39.0 Å². The zero-order valence-electron chi connectivity index (χ0n) is 31.6. The number of aliphatic imine (C=N–C) groups is 3. The molecule has 4 aromatic rings. The monoisotopic (exact) mass is 705 g/mol. The molecule has 0 aromatic heterocycles. The second kappa shape index (κ2) is 24.2. The zero-order valence-corrected chi connectivity index (χ0v) is 31.6. The summed E-state index contributed by atoms with van der Waals surface area (Å²) < 4.78 is 22.5. The van der Waals surface area contributed by atoms with Crippen molar-refractivity contribution in [2.45, 2.75) is 60.5 Å². The Hall–Kier alpha value is -5.05. The van der Waals surface area contributed by atoms with Gasteiger partial charge in [-0.3, -0.25) is 15.0 Å². The third kappa shape index (κ3) is 16.3. The van der Waals surface area contributed by atoms with E-state index in [0.29, 0.717) is 25.7 Å². The lowest BCUT2D eigenvalue weighted by Crippen LogP contribution is -2.06. The van der Waals surface area contributed by atoms with Gasteiger partial charge in [-0.05, 0) is 127 Å². The topological polar surface area (TPSA) is 97.5 Å². The highest BCUT2D eigenvalue weighted by Gasteiger charge is 2.22. The Morgan fingerprint density at radius 2 is 1.13 bits per heavy atom. The lowest BCUT2D eigenvalue weighted by Gasteiger charge is -2.10. The molecule has 8 heteroatoms. The number of rotatable bonds is 17. The van der Waals surface area contributed by atoms with Crippen molar-refractivity contribution < 1.29 is 24.1 Å². The number of hydrogen-bond donors (Lipinski definition) is 1. The van der Waals surface area contributed by atoms with Crippen LogP contribution in [0.1, 0.15) is 71.1 Å². The van der Waals surface area contributed by atoms with Gasteiger partial charge in [0.1, 0.15) is 30.0 Å². The molecule has 1 aliphatic rings. The van der Waals surface area contributed by atoms with Gasteiger partial charge in [-0.15, -0.1) is 0 Å². The van der Waals surface area contributed by atoms with Gasteiger partial charge in [0, 0.05) is 18.6 Å². The minimum absolute atomic E-state index is 0.163. The normalized spacial score (nSPS) is 14.2. The Bertz CT molecular complexity index is 1680. The number of aliphatic hydroxyl groups excluding tert-OH is 1. The number of aliphatic hydroxyl groups is 1. The first-order chi connectivity index (χ1) is 25.5. The van der Waals surface area contributed by atoms with Crippen molar-refractivity contribution in [1.82, 2.24) is 0 Å². The molecule has 8 nitrogen and oxygen atoms in total. The van der Waals surface area contributed by atoms with Crippen LogP contribution in [-0.4, -0.2) is 62.9 Å². The third-order valence-corrected chi connectivity index (χ3v) is 7.48. The lowest BCUT2D eigenvalue weighted by molar-refractivity contribution is 0.256. The Kier molecular flexibility index (Phi) is 19.2. The molecule has 0 amide bonds. The molecular formula is C44H55N3O5. The molecule has 1 N–H and O–H groups in total. The highest BCUT2D eigenvalue weighted by atomic mass is 16.6. The molecular weight excluding hydrogens is 651 g/mol. The van der Waals surface area contributed by atoms with Crippen molar-refractivity contribution in [3.63, 3.8) is 0 Å². The molecule has 2 atom stereocenters. The molecule has 5 rings (SSSR count). The molecule has 4 aromatic carbocycles. The van der Waals surface area contributed by atoms with Gasteiger partial charge in [-0.2, -0.15) is 0 Å². The smallest absolute Gasteiger partial charge is 0.119 e. The average molecular weight is 706 g/mol. The highest BCUT2D eigenvalue weighted by molar-refractivity contribution is 5.93. The number of nitrogens with zero attached hydrogens (tertiary/aromatic N) is 3. The summed E-state index contributed by atoms with van der Waals surface area (Å²) in [5.41, 5.74) is 5.34. The van der Waals surface area contributed by atoms with E-state index in [-0.39, 0.29) is 12.7 Å². The van der Waals surface area contributed by atoms with Crippen LogP contribution in [0.5, 0.6) is 17.2 Å². The van der Waals surface area contributed by atoms with E-state index in [1.54, 1.807) is 12.2 Å². The summed E-state index contributed by atoms with van der Waals surface area (Å²) >= 11 is 0. The van der Waals surface area contributed by atoms with Crippen molar-refractivity contribution in [3.8, 4) is 17.2 Å². The van der Waals surface area contributed by atoms with Crippen molar-refractivity contribution in [1.29, 1.82) is 0 Å². The summed E-state index contributed by atoms with van der Waals surface area (Å²) in [7, 11) is 0. The van der Waals surface area contributed by atoms with Crippen LogP contribution in [0.25, 0.3) is 0 Å². The van der Waals surface area contributed by atoms with Crippen LogP contribution in [0.4, 0.5) is 17.1 Å². The minimum Gasteiger partial charge on any atom is -0.494 e. The molecule has 52 heavy (non-hydrogen) atoms. The summed E-state index contributed by atoms with van der Waals surface area (Å²) in [6.45, 7) is 15.2. The summed E-state index contributed by atoms with van der Waals surface area (Å²) in [6, 6.07) is 29.6. The van der Waals surface area contributed by atoms with Crippen LogP contribution in [0.3, 0.4) is 0 Å². The quantitative estimate of drug-likeness (QED) is 0.0670. The molecule has 1 aliphatic heterocycles. The Labute approximate surface area is 310 Å². The molecule has 0 aliphatic carbocycles. The van der Waals surface area contributed by atoms with E-state index in [4.69, 9.17) is 39.0 Å². The maximum absolute atomic E-state index is 7.98. The second-order valence-electron chi connectivity index (χ2n) is 11.9. The predicted octanol–water partition coefficient (Wildman–Crippen LogP) is 10.5. The Morgan fingerprint density at radius 3 is 1.48 bits per heavy atom. The molecule has 0 spiro atoms. The fourth-order valence-corrected chi connectivity index (χ4v) is 4.29. The molecule has 0 bridgehead atoms. The maximum atomic E-state index is 7.98. The third-order valence-electron chi connectivity index (χ3n) is 7.48. The van der Waals surface area contributed by atoms with Crippen LogP contribution in [0.15, 0.2) is 118 Å². The van der Waals surface area contributed by atoms with Gasteiger partial charge >= 0.3 is 0 Å². The second-order valence-corrected chi connectivity index (χ2v) is 11.9. The van der Waals surface area contributed by atoms with E-state index >= 15 is 0 Å². The average Bonchev–Trinajstić information content (AvgIpc) is 4.03. The van der Waals surface area contributed by atoms with Crippen molar-refractivity contribution in [2.75, 3.05) is 33.0 Å². The van der Waals surface area contributed by atoms with Crippen molar-refractivity contribution in [2.24, 2.45) is 20.9 Å². The van der Waals surface area contributed by atoms with E-state index in [9.17, 15) is 0 Å². The number of epoxide rings is 1. The fourth-order valence-electron chi connectivity index (χ4n) is 4.29. The summed E-state index contributed by atoms with van der Waals surface area (Å²) in [6.07, 6.45) is 11.3. The van der Waals surface area contributed by atoms with Gasteiger partial charge < -0.3 is 24.1 Å². The first kappa shape index (κ1) is 41.4. The van der Waals surface area contributed by atoms with Gasteiger partial charge in [0.05, 0.1) is 43.5 Å². The Balaban J connectivity index is 0.000000959. The first-order valence-corrected chi connectivity index (χ1v) is 18.3. The highest BCUT2D eigenvalue weighted by Crippen LogP contribution is 2.22. The van der Waals surface area contributed by atoms with Crippen LogP contribution < -0.4 is 14.2 Å². The van der Waals surface area contributed by atoms with Crippen molar-refractivity contribution >= 4 is 35.7 Å². The van der Waals surface area contributed by atoms with E-state index in [1.807, 2.05) is 112 Å². The van der Waals surface area contributed by atoms with Gasteiger partial charge in [-0.1, -0.05) is 53.2 Å². The lowest BCUT2D eigenvalue weighted by atomic mass is 10.1. The van der Waals surface area contributed by atoms with Crippen LogP contribution in [-0.2, 0) is 4.74 Å². The number of hydrogen-bond acceptors (Lipinski definition) is 8. The zero-order chi connectivity index (χ0) is 37.4. The van der Waals surface area contributed by atoms with Gasteiger partial charge in [0.25, 0.3) is 0 Å². The summed E-state index contributed by atoms with van der Waals surface area (Å²) in [5, 5.41) is 7.98. The van der Waals surface area contributed by atoms with E-state index < -0.39 is 0 Å². The van der Waals surface area contributed by atoms with E-state index in [0.717, 1.165) is 70.4 Å². The van der Waals surface area contributed by atoms with Gasteiger partial charge in [0.2, 0.25) is 0 Å².